The second-order valence-electron chi connectivity index (χ2n) is 6.01. The van der Waals surface area contributed by atoms with Gasteiger partial charge in [-0.2, -0.15) is 0 Å². The van der Waals surface area contributed by atoms with E-state index in [2.05, 4.69) is 55.3 Å². The van der Waals surface area contributed by atoms with Crippen LogP contribution in [0.4, 0.5) is 0 Å². The zero-order valence-corrected chi connectivity index (χ0v) is 13.7. The average Bonchev–Trinajstić information content (AvgIpc) is 2.58. The van der Waals surface area contributed by atoms with Crippen molar-refractivity contribution in [1.29, 1.82) is 0 Å². The van der Waals surface area contributed by atoms with Gasteiger partial charge < -0.3 is 5.11 Å². The van der Waals surface area contributed by atoms with Crippen LogP contribution in [0.25, 0.3) is 10.8 Å². The Labute approximate surface area is 138 Å². The van der Waals surface area contributed by atoms with Crippen molar-refractivity contribution in [1.82, 2.24) is 4.90 Å². The van der Waals surface area contributed by atoms with Crippen molar-refractivity contribution in [3.8, 4) is 5.75 Å². The zero-order valence-electron chi connectivity index (χ0n) is 13.7. The Bertz CT molecular complexity index is 782. The molecule has 0 fully saturated rings. The lowest BCUT2D eigenvalue weighted by molar-refractivity contribution is 0.275. The number of aromatic hydroxyl groups is 1. The summed E-state index contributed by atoms with van der Waals surface area (Å²) in [6, 6.07) is 22.5. The van der Waals surface area contributed by atoms with E-state index in [1.807, 2.05) is 30.3 Å². The number of phenols is 1. The SMILES string of the molecule is CCCN(C)[C@@H](c1ccccc1)c1c(O)ccc2ccccc12. The van der Waals surface area contributed by atoms with Crippen molar-refractivity contribution in [2.75, 3.05) is 13.6 Å². The van der Waals surface area contributed by atoms with Gasteiger partial charge in [0, 0.05) is 5.56 Å². The summed E-state index contributed by atoms with van der Waals surface area (Å²) in [6.07, 6.45) is 1.07. The highest BCUT2D eigenvalue weighted by molar-refractivity contribution is 5.88. The normalized spacial score (nSPS) is 12.7. The van der Waals surface area contributed by atoms with E-state index < -0.39 is 0 Å². The van der Waals surface area contributed by atoms with Gasteiger partial charge in [-0.25, -0.2) is 0 Å². The first-order valence-electron chi connectivity index (χ1n) is 8.18. The summed E-state index contributed by atoms with van der Waals surface area (Å²) >= 11 is 0. The van der Waals surface area contributed by atoms with Crippen molar-refractivity contribution in [2.45, 2.75) is 19.4 Å². The van der Waals surface area contributed by atoms with Gasteiger partial charge in [0.2, 0.25) is 0 Å². The summed E-state index contributed by atoms with van der Waals surface area (Å²) in [6.45, 7) is 3.16. The number of fused-ring (bicyclic) bond motifs is 1. The van der Waals surface area contributed by atoms with Crippen molar-refractivity contribution in [3.05, 3.63) is 77.9 Å². The molecule has 0 radical (unpaired) electrons. The fourth-order valence-electron chi connectivity index (χ4n) is 3.33. The fraction of sp³-hybridized carbons (Fsp3) is 0.238. The molecule has 0 aliphatic carbocycles. The molecule has 3 rings (SSSR count). The van der Waals surface area contributed by atoms with E-state index in [1.165, 1.54) is 5.56 Å². The van der Waals surface area contributed by atoms with Gasteiger partial charge in [-0.05, 0) is 42.4 Å². The van der Waals surface area contributed by atoms with E-state index in [4.69, 9.17) is 0 Å². The van der Waals surface area contributed by atoms with E-state index >= 15 is 0 Å². The number of phenolic OH excluding ortho intramolecular Hbond substituents is 1. The van der Waals surface area contributed by atoms with Crippen molar-refractivity contribution in [2.24, 2.45) is 0 Å². The van der Waals surface area contributed by atoms with Crippen LogP contribution in [0.5, 0.6) is 5.75 Å². The number of benzene rings is 3. The third kappa shape index (κ3) is 3.08. The minimum absolute atomic E-state index is 0.0437. The molecule has 2 nitrogen and oxygen atoms in total. The fourth-order valence-corrected chi connectivity index (χ4v) is 3.33. The zero-order chi connectivity index (χ0) is 16.2. The molecule has 23 heavy (non-hydrogen) atoms. The topological polar surface area (TPSA) is 23.5 Å². The van der Waals surface area contributed by atoms with Crippen LogP contribution in [-0.4, -0.2) is 23.6 Å². The summed E-state index contributed by atoms with van der Waals surface area (Å²) in [5.74, 6) is 0.362. The Balaban J connectivity index is 2.23. The van der Waals surface area contributed by atoms with E-state index in [1.54, 1.807) is 0 Å². The van der Waals surface area contributed by atoms with Crippen molar-refractivity contribution >= 4 is 10.8 Å². The van der Waals surface area contributed by atoms with Gasteiger partial charge >= 0.3 is 0 Å². The van der Waals surface area contributed by atoms with Gasteiger partial charge in [-0.1, -0.05) is 67.6 Å². The highest BCUT2D eigenvalue weighted by atomic mass is 16.3. The van der Waals surface area contributed by atoms with Gasteiger partial charge in [-0.15, -0.1) is 0 Å². The Morgan fingerprint density at radius 1 is 0.913 bits per heavy atom. The molecular weight excluding hydrogens is 282 g/mol. The van der Waals surface area contributed by atoms with Crippen LogP contribution in [0.3, 0.4) is 0 Å². The van der Waals surface area contributed by atoms with Crippen LogP contribution in [-0.2, 0) is 0 Å². The Hall–Kier alpha value is -2.32. The molecule has 0 amide bonds. The smallest absolute Gasteiger partial charge is 0.121 e. The van der Waals surface area contributed by atoms with E-state index in [-0.39, 0.29) is 6.04 Å². The number of hydrogen-bond acceptors (Lipinski definition) is 2. The summed E-state index contributed by atoms with van der Waals surface area (Å²) in [5, 5.41) is 12.9. The van der Waals surface area contributed by atoms with Gasteiger partial charge in [0.15, 0.2) is 0 Å². The second kappa shape index (κ2) is 6.84. The molecule has 118 valence electrons. The highest BCUT2D eigenvalue weighted by Crippen LogP contribution is 2.38. The predicted molar refractivity (Wildman–Crippen MR) is 96.8 cm³/mol. The third-order valence-electron chi connectivity index (χ3n) is 4.35. The largest absolute Gasteiger partial charge is 0.508 e. The molecule has 0 heterocycles. The first-order chi connectivity index (χ1) is 11.2. The third-order valence-corrected chi connectivity index (χ3v) is 4.35. The number of rotatable bonds is 5. The standard InChI is InChI=1S/C21H23NO/c1-3-15-22(2)21(17-10-5-4-6-11-17)20-18-12-8-7-9-16(18)13-14-19(20)23/h4-14,21,23H,3,15H2,1-2H3/t21-/m0/s1. The lowest BCUT2D eigenvalue weighted by Gasteiger charge is -2.30. The van der Waals surface area contributed by atoms with Gasteiger partial charge in [0.25, 0.3) is 0 Å². The minimum atomic E-state index is 0.0437. The molecule has 0 spiro atoms. The summed E-state index contributed by atoms with van der Waals surface area (Å²) in [4.78, 5) is 2.32. The van der Waals surface area contributed by atoms with Gasteiger partial charge in [0.05, 0.1) is 6.04 Å². The molecule has 2 heteroatoms. The molecule has 0 aliphatic rings. The molecule has 3 aromatic carbocycles. The first-order valence-corrected chi connectivity index (χ1v) is 8.18. The van der Waals surface area contributed by atoms with Crippen LogP contribution in [0.2, 0.25) is 0 Å². The van der Waals surface area contributed by atoms with Crippen LogP contribution in [0.1, 0.15) is 30.5 Å². The quantitative estimate of drug-likeness (QED) is 0.719. The summed E-state index contributed by atoms with van der Waals surface area (Å²) in [7, 11) is 2.13. The molecule has 0 saturated carbocycles. The highest BCUT2D eigenvalue weighted by Gasteiger charge is 2.23. The minimum Gasteiger partial charge on any atom is -0.508 e. The maximum absolute atomic E-state index is 10.6. The molecule has 0 saturated heterocycles. The molecule has 0 aromatic heterocycles. The van der Waals surface area contributed by atoms with E-state index in [0.717, 1.165) is 29.3 Å². The molecular formula is C21H23NO. The number of hydrogen-bond donors (Lipinski definition) is 1. The molecule has 1 N–H and O–H groups in total. The van der Waals surface area contributed by atoms with Gasteiger partial charge in [-0.3, -0.25) is 4.90 Å². The van der Waals surface area contributed by atoms with E-state index in [0.29, 0.717) is 5.75 Å². The average molecular weight is 305 g/mol. The molecule has 0 aliphatic heterocycles. The van der Waals surface area contributed by atoms with Crippen LogP contribution in [0.15, 0.2) is 66.7 Å². The maximum Gasteiger partial charge on any atom is 0.121 e. The molecule has 0 bridgehead atoms. The first kappa shape index (κ1) is 15.6. The summed E-state index contributed by atoms with van der Waals surface area (Å²) < 4.78 is 0. The number of nitrogens with zero attached hydrogens (tertiary/aromatic N) is 1. The lowest BCUT2D eigenvalue weighted by Crippen LogP contribution is -2.26. The van der Waals surface area contributed by atoms with Crippen LogP contribution in [0, 0.1) is 0 Å². The molecule has 0 unspecified atom stereocenters. The lowest BCUT2D eigenvalue weighted by atomic mass is 9.91. The van der Waals surface area contributed by atoms with Crippen molar-refractivity contribution < 1.29 is 5.11 Å². The van der Waals surface area contributed by atoms with E-state index in [9.17, 15) is 5.11 Å². The van der Waals surface area contributed by atoms with Crippen LogP contribution < -0.4 is 0 Å². The molecule has 3 aromatic rings. The Morgan fingerprint density at radius 2 is 1.61 bits per heavy atom. The second-order valence-corrected chi connectivity index (χ2v) is 6.01. The Kier molecular flexibility index (Phi) is 4.63. The van der Waals surface area contributed by atoms with Crippen molar-refractivity contribution in [3.63, 3.8) is 0 Å². The molecule has 1 atom stereocenters. The predicted octanol–water partition coefficient (Wildman–Crippen LogP) is 4.98. The van der Waals surface area contributed by atoms with Gasteiger partial charge in [0.1, 0.15) is 5.75 Å². The van der Waals surface area contributed by atoms with Crippen LogP contribution >= 0.6 is 0 Å². The monoisotopic (exact) mass is 305 g/mol. The summed E-state index contributed by atoms with van der Waals surface area (Å²) in [5.41, 5.74) is 2.19. The Morgan fingerprint density at radius 3 is 2.35 bits per heavy atom. The maximum atomic E-state index is 10.6.